The lowest BCUT2D eigenvalue weighted by Crippen LogP contribution is -2.20. The Hall–Kier alpha value is -0.770. The molecular weight excluding hydrogens is 169 g/mol. The summed E-state index contributed by atoms with van der Waals surface area (Å²) in [6.07, 6.45) is -0.685. The van der Waals surface area contributed by atoms with E-state index in [1.807, 2.05) is 0 Å². The number of allylic oxidation sites excluding steroid dienone is 2. The Morgan fingerprint density at radius 3 is 2.67 bits per heavy atom. The van der Waals surface area contributed by atoms with Gasteiger partial charge in [0, 0.05) is 19.1 Å². The molecule has 0 aliphatic heterocycles. The van der Waals surface area contributed by atoms with Crippen molar-refractivity contribution >= 4 is 0 Å². The second kappa shape index (κ2) is 3.31. The number of methoxy groups -OCH3 is 1. The third kappa shape index (κ3) is 2.11. The summed E-state index contributed by atoms with van der Waals surface area (Å²) in [5, 5.41) is 0. The first-order valence-corrected chi connectivity index (χ1v) is 3.51. The molecule has 1 nitrogen and oxygen atoms in total. The van der Waals surface area contributed by atoms with Gasteiger partial charge in [0.1, 0.15) is 0 Å². The lowest BCUT2D eigenvalue weighted by Gasteiger charge is -2.18. The first-order chi connectivity index (χ1) is 5.54. The van der Waals surface area contributed by atoms with Gasteiger partial charge < -0.3 is 4.74 Å². The van der Waals surface area contributed by atoms with Gasteiger partial charge in [0.2, 0.25) is 0 Å². The average Bonchev–Trinajstić information content (AvgIpc) is 2.03. The summed E-state index contributed by atoms with van der Waals surface area (Å²) in [6, 6.07) is 0. The van der Waals surface area contributed by atoms with Crippen LogP contribution in [0.15, 0.2) is 23.8 Å². The number of halogens is 3. The first kappa shape index (κ1) is 9.32. The summed E-state index contributed by atoms with van der Waals surface area (Å²) in [6.45, 7) is 0. The number of hydrogen-bond donors (Lipinski definition) is 0. The molecule has 0 amide bonds. The molecule has 0 N–H and O–H groups in total. The van der Waals surface area contributed by atoms with Crippen LogP contribution in [0.3, 0.4) is 0 Å². The Balaban J connectivity index is 2.70. The quantitative estimate of drug-likeness (QED) is 0.599. The van der Waals surface area contributed by atoms with Crippen molar-refractivity contribution in [1.82, 2.24) is 0 Å². The summed E-state index contributed by atoms with van der Waals surface area (Å²) in [5.74, 6) is 0. The SMILES string of the molecule is CO[C@H]1C=CC=C(C(F)(F)F)C1. The zero-order valence-corrected chi connectivity index (χ0v) is 6.56. The van der Waals surface area contributed by atoms with Crippen LogP contribution in [0.4, 0.5) is 13.2 Å². The maximum absolute atomic E-state index is 12.1. The molecule has 0 spiro atoms. The van der Waals surface area contributed by atoms with Gasteiger partial charge >= 0.3 is 6.18 Å². The van der Waals surface area contributed by atoms with Gasteiger partial charge in [-0.25, -0.2) is 0 Å². The van der Waals surface area contributed by atoms with Crippen molar-refractivity contribution in [3.8, 4) is 0 Å². The fourth-order valence-corrected chi connectivity index (χ4v) is 1.02. The molecule has 1 aliphatic rings. The van der Waals surface area contributed by atoms with Crippen LogP contribution in [0.1, 0.15) is 6.42 Å². The summed E-state index contributed by atoms with van der Waals surface area (Å²) in [5.41, 5.74) is -0.531. The minimum absolute atomic E-state index is 0.0868. The predicted octanol–water partition coefficient (Wildman–Crippen LogP) is 2.45. The van der Waals surface area contributed by atoms with E-state index in [1.165, 1.54) is 13.2 Å². The van der Waals surface area contributed by atoms with Crippen molar-refractivity contribution in [1.29, 1.82) is 0 Å². The fourth-order valence-electron chi connectivity index (χ4n) is 1.02. The van der Waals surface area contributed by atoms with E-state index in [1.54, 1.807) is 6.08 Å². The number of hydrogen-bond acceptors (Lipinski definition) is 1. The van der Waals surface area contributed by atoms with Crippen LogP contribution in [0, 0.1) is 0 Å². The van der Waals surface area contributed by atoms with Crippen LogP contribution >= 0.6 is 0 Å². The monoisotopic (exact) mass is 178 g/mol. The summed E-state index contributed by atoms with van der Waals surface area (Å²) in [7, 11) is 1.40. The van der Waals surface area contributed by atoms with Gasteiger partial charge in [-0.05, 0) is 0 Å². The second-order valence-electron chi connectivity index (χ2n) is 2.55. The second-order valence-corrected chi connectivity index (χ2v) is 2.55. The topological polar surface area (TPSA) is 9.23 Å². The van der Waals surface area contributed by atoms with E-state index in [4.69, 9.17) is 4.74 Å². The highest BCUT2D eigenvalue weighted by atomic mass is 19.4. The van der Waals surface area contributed by atoms with Crippen LogP contribution in [0.25, 0.3) is 0 Å². The van der Waals surface area contributed by atoms with Crippen molar-refractivity contribution < 1.29 is 17.9 Å². The highest BCUT2D eigenvalue weighted by molar-refractivity contribution is 5.24. The molecule has 68 valence electrons. The molecule has 0 bridgehead atoms. The van der Waals surface area contributed by atoms with Crippen molar-refractivity contribution in [2.75, 3.05) is 7.11 Å². The molecule has 0 aromatic carbocycles. The normalized spacial score (nSPS) is 24.0. The van der Waals surface area contributed by atoms with E-state index in [2.05, 4.69) is 0 Å². The zero-order valence-electron chi connectivity index (χ0n) is 6.56. The molecule has 0 saturated carbocycles. The number of rotatable bonds is 1. The maximum atomic E-state index is 12.1. The summed E-state index contributed by atoms with van der Waals surface area (Å²) in [4.78, 5) is 0. The highest BCUT2D eigenvalue weighted by Gasteiger charge is 2.34. The van der Waals surface area contributed by atoms with E-state index in [-0.39, 0.29) is 6.42 Å². The van der Waals surface area contributed by atoms with Crippen LogP contribution < -0.4 is 0 Å². The Bertz CT molecular complexity index is 215. The Morgan fingerprint density at radius 1 is 1.50 bits per heavy atom. The Morgan fingerprint density at radius 2 is 2.17 bits per heavy atom. The number of alkyl halides is 3. The molecule has 12 heavy (non-hydrogen) atoms. The molecule has 0 unspecified atom stereocenters. The van der Waals surface area contributed by atoms with Gasteiger partial charge in [0.15, 0.2) is 0 Å². The Labute approximate surface area is 68.5 Å². The average molecular weight is 178 g/mol. The van der Waals surface area contributed by atoms with E-state index in [0.29, 0.717) is 0 Å². The minimum atomic E-state index is -4.22. The molecule has 1 rings (SSSR count). The van der Waals surface area contributed by atoms with Gasteiger partial charge in [-0.2, -0.15) is 13.2 Å². The van der Waals surface area contributed by atoms with Crippen LogP contribution in [-0.2, 0) is 4.74 Å². The van der Waals surface area contributed by atoms with Crippen molar-refractivity contribution in [3.05, 3.63) is 23.8 Å². The molecule has 0 aromatic heterocycles. The van der Waals surface area contributed by atoms with E-state index in [9.17, 15) is 13.2 Å². The molecule has 4 heteroatoms. The lowest BCUT2D eigenvalue weighted by atomic mass is 10.0. The molecule has 0 radical (unpaired) electrons. The van der Waals surface area contributed by atoms with Crippen molar-refractivity contribution in [2.24, 2.45) is 0 Å². The third-order valence-electron chi connectivity index (χ3n) is 1.71. The third-order valence-corrected chi connectivity index (χ3v) is 1.71. The van der Waals surface area contributed by atoms with Gasteiger partial charge in [-0.15, -0.1) is 0 Å². The molecule has 0 aromatic rings. The van der Waals surface area contributed by atoms with Crippen molar-refractivity contribution in [3.63, 3.8) is 0 Å². The molecule has 1 atom stereocenters. The molecule has 1 aliphatic carbocycles. The highest BCUT2D eigenvalue weighted by Crippen LogP contribution is 2.31. The van der Waals surface area contributed by atoms with Gasteiger partial charge in [0.05, 0.1) is 6.10 Å². The molecule has 0 fully saturated rings. The van der Waals surface area contributed by atoms with Crippen LogP contribution in [0.5, 0.6) is 0 Å². The summed E-state index contributed by atoms with van der Waals surface area (Å²) >= 11 is 0. The molecule has 0 saturated heterocycles. The molecular formula is C8H9F3O. The van der Waals surface area contributed by atoms with E-state index >= 15 is 0 Å². The predicted molar refractivity (Wildman–Crippen MR) is 38.7 cm³/mol. The van der Waals surface area contributed by atoms with E-state index < -0.39 is 17.9 Å². The van der Waals surface area contributed by atoms with Crippen molar-refractivity contribution in [2.45, 2.75) is 18.7 Å². The number of ether oxygens (including phenoxy) is 1. The van der Waals surface area contributed by atoms with Gasteiger partial charge in [-0.3, -0.25) is 0 Å². The smallest absolute Gasteiger partial charge is 0.377 e. The molecule has 0 heterocycles. The Kier molecular flexibility index (Phi) is 2.57. The van der Waals surface area contributed by atoms with Crippen LogP contribution in [-0.4, -0.2) is 19.4 Å². The lowest BCUT2D eigenvalue weighted by molar-refractivity contribution is -0.0970. The van der Waals surface area contributed by atoms with Gasteiger partial charge in [0.25, 0.3) is 0 Å². The van der Waals surface area contributed by atoms with E-state index in [0.717, 1.165) is 6.08 Å². The zero-order chi connectivity index (χ0) is 9.19. The maximum Gasteiger partial charge on any atom is 0.412 e. The van der Waals surface area contributed by atoms with Crippen LogP contribution in [0.2, 0.25) is 0 Å². The van der Waals surface area contributed by atoms with Gasteiger partial charge in [-0.1, -0.05) is 18.2 Å². The first-order valence-electron chi connectivity index (χ1n) is 3.51. The largest absolute Gasteiger partial charge is 0.412 e. The standard InChI is InChI=1S/C8H9F3O/c1-12-7-4-2-3-6(5-7)8(9,10)11/h2-4,7H,5H2,1H3/t7-/m0/s1. The summed E-state index contributed by atoms with van der Waals surface area (Å²) < 4.78 is 41.1. The fraction of sp³-hybridized carbons (Fsp3) is 0.500. The minimum Gasteiger partial charge on any atom is -0.377 e.